The van der Waals surface area contributed by atoms with Crippen molar-refractivity contribution in [1.29, 1.82) is 0 Å². The number of hydrogen-bond donors (Lipinski definition) is 2. The Kier molecular flexibility index (Phi) is 16.6. The minimum atomic E-state index is -0.351. The smallest absolute Gasteiger partial charge is 0.346 e. The van der Waals surface area contributed by atoms with Crippen LogP contribution in [0.2, 0.25) is 0 Å². The monoisotopic (exact) mass is 967 g/mol. The van der Waals surface area contributed by atoms with Gasteiger partial charge in [-0.3, -0.25) is 0 Å². The number of rotatable bonds is 9. The molecule has 0 aliphatic rings. The molecule has 4 heterocycles. The van der Waals surface area contributed by atoms with Gasteiger partial charge in [0.15, 0.2) is 11.5 Å². The van der Waals surface area contributed by atoms with Crippen LogP contribution < -0.4 is 32.2 Å². The zero-order valence-electron chi connectivity index (χ0n) is 41.6. The third kappa shape index (κ3) is 12.3. The molecule has 0 aliphatic heterocycles. The highest BCUT2D eigenvalue weighted by atomic mass is 32.1. The molecular formula is C59H61N5O6S. The average molecular weight is 968 g/mol. The first kappa shape index (κ1) is 50.9. The highest BCUT2D eigenvalue weighted by Crippen LogP contribution is 2.37. The van der Waals surface area contributed by atoms with Crippen molar-refractivity contribution in [2.24, 2.45) is 0 Å². The van der Waals surface area contributed by atoms with E-state index in [2.05, 4.69) is 63.9 Å². The van der Waals surface area contributed by atoms with E-state index < -0.39 is 0 Å². The second kappa shape index (κ2) is 23.1. The van der Waals surface area contributed by atoms with Gasteiger partial charge in [0.05, 0.1) is 34.7 Å². The topological polar surface area (TPSA) is 162 Å². The Morgan fingerprint density at radius 3 is 2.03 bits per heavy atom. The maximum Gasteiger partial charge on any atom is 0.346 e. The predicted octanol–water partition coefficient (Wildman–Crippen LogP) is 13.8. The summed E-state index contributed by atoms with van der Waals surface area (Å²) in [5, 5.41) is 7.40. The van der Waals surface area contributed by atoms with Gasteiger partial charge in [-0.05, 0) is 110 Å². The van der Waals surface area contributed by atoms with Gasteiger partial charge in [0, 0.05) is 52.1 Å². The van der Waals surface area contributed by atoms with Crippen LogP contribution in [-0.2, 0) is 18.3 Å². The van der Waals surface area contributed by atoms with E-state index in [-0.39, 0.29) is 16.7 Å². The lowest BCUT2D eigenvalue weighted by molar-refractivity contribution is 0.286. The Labute approximate surface area is 418 Å². The number of anilines is 2. The minimum absolute atomic E-state index is 0.143. The number of aromatic nitrogens is 3. The molecule has 12 heteroatoms. The number of para-hydroxylation sites is 2. The number of nitrogens with two attached hydrogens (primary N) is 2. The van der Waals surface area contributed by atoms with Crippen molar-refractivity contribution in [3.05, 3.63) is 195 Å². The fraction of sp³-hybridized carbons (Fsp3) is 0.220. The Bertz CT molecular complexity index is 3440. The molecule has 6 aromatic carbocycles. The molecule has 4 aromatic heterocycles. The number of benzene rings is 6. The number of thiazole rings is 1. The van der Waals surface area contributed by atoms with Gasteiger partial charge >= 0.3 is 11.3 Å². The highest BCUT2D eigenvalue weighted by Gasteiger charge is 2.21. The molecular weight excluding hydrogens is 907 g/mol. The quantitative estimate of drug-likeness (QED) is 0.105. The van der Waals surface area contributed by atoms with E-state index in [1.54, 1.807) is 18.2 Å². The summed E-state index contributed by atoms with van der Waals surface area (Å²) >= 11 is 1.52. The average Bonchev–Trinajstić information content (AvgIpc) is 4.03. The van der Waals surface area contributed by atoms with Crippen LogP contribution >= 0.6 is 11.3 Å². The molecule has 0 unspecified atom stereocenters. The van der Waals surface area contributed by atoms with E-state index in [0.29, 0.717) is 46.3 Å². The van der Waals surface area contributed by atoms with Gasteiger partial charge in [-0.2, -0.15) is 5.10 Å². The molecule has 10 rings (SSSR count). The van der Waals surface area contributed by atoms with Crippen molar-refractivity contribution >= 4 is 54.9 Å². The van der Waals surface area contributed by atoms with Crippen LogP contribution in [0.1, 0.15) is 70.7 Å². The van der Waals surface area contributed by atoms with Gasteiger partial charge < -0.3 is 29.8 Å². The first-order chi connectivity index (χ1) is 34.2. The number of fused-ring (bicyclic) bond motifs is 3. The van der Waals surface area contributed by atoms with Gasteiger partial charge in [-0.15, -0.1) is 11.3 Å². The van der Waals surface area contributed by atoms with Crippen LogP contribution in [0.25, 0.3) is 59.7 Å². The van der Waals surface area contributed by atoms with Crippen molar-refractivity contribution in [2.45, 2.75) is 73.6 Å². The molecule has 71 heavy (non-hydrogen) atoms. The molecule has 0 saturated heterocycles. The summed E-state index contributed by atoms with van der Waals surface area (Å²) in [6.45, 7) is 17.8. The maximum atomic E-state index is 12.8. The summed E-state index contributed by atoms with van der Waals surface area (Å²) < 4.78 is 25.1. The van der Waals surface area contributed by atoms with Crippen LogP contribution in [0.5, 0.6) is 11.5 Å². The van der Waals surface area contributed by atoms with Crippen LogP contribution in [0.15, 0.2) is 170 Å². The van der Waals surface area contributed by atoms with Gasteiger partial charge in [0.2, 0.25) is 0 Å². The van der Waals surface area contributed by atoms with Gasteiger partial charge in [-0.1, -0.05) is 113 Å². The fourth-order valence-electron chi connectivity index (χ4n) is 8.07. The molecule has 0 amide bonds. The van der Waals surface area contributed by atoms with Crippen LogP contribution in [0.4, 0.5) is 11.4 Å². The zero-order valence-corrected chi connectivity index (χ0v) is 42.4. The normalized spacial score (nSPS) is 11.0. The summed E-state index contributed by atoms with van der Waals surface area (Å²) in [5.41, 5.74) is 22.0. The van der Waals surface area contributed by atoms with Crippen LogP contribution in [-0.4, -0.2) is 28.0 Å². The third-order valence-electron chi connectivity index (χ3n) is 11.5. The largest absolute Gasteiger partial charge is 0.490 e. The molecule has 0 spiro atoms. The molecule has 364 valence electrons. The van der Waals surface area contributed by atoms with E-state index in [0.717, 1.165) is 79.0 Å². The van der Waals surface area contributed by atoms with E-state index in [4.69, 9.17) is 34.9 Å². The number of aryl methyl sites for hydroxylation is 3. The number of ether oxygens (including phenoxy) is 2. The lowest BCUT2D eigenvalue weighted by atomic mass is 9.86. The third-order valence-corrected chi connectivity index (χ3v) is 12.6. The van der Waals surface area contributed by atoms with Crippen LogP contribution in [0, 0.1) is 6.92 Å². The Hall–Kier alpha value is -7.96. The van der Waals surface area contributed by atoms with E-state index >= 15 is 0 Å². The van der Waals surface area contributed by atoms with Crippen molar-refractivity contribution in [1.82, 2.24) is 14.8 Å². The predicted molar refractivity (Wildman–Crippen MR) is 292 cm³/mol. The summed E-state index contributed by atoms with van der Waals surface area (Å²) in [5.74, 6) is 1.46. The number of nitrogen functional groups attached to an aromatic ring is 2. The number of hydrogen-bond acceptors (Lipinski definition) is 11. The highest BCUT2D eigenvalue weighted by molar-refractivity contribution is 7.21. The van der Waals surface area contributed by atoms with Gasteiger partial charge in [-0.25, -0.2) is 19.3 Å². The van der Waals surface area contributed by atoms with Crippen molar-refractivity contribution in [3.63, 3.8) is 0 Å². The molecule has 0 saturated carbocycles. The standard InChI is InChI=1S/C23H28N2O2.C20H18N2O2S.C10H9NO2.C6H6/c1-6-26-21-10-8-9-20(22(21)27-7-2)25-16-15-19(24-25)17-11-13-18(14-12-17)23(3,4)5;1-3-11-9-12(21)10-15-17(11)13(4-2)18(20(23)24-15)19-22-14-7-5-6-8-16(14)25-19;1-6-4-10(12)13-9-5-7(11)2-3-8(6)9;1-2-4-6-5-3-1/h8-16H,6-7H2,1-5H3;5-10H,3-4,21H2,1-2H3;2-5H,11H2,1H3;1-6H. The van der Waals surface area contributed by atoms with Crippen molar-refractivity contribution in [2.75, 3.05) is 24.7 Å². The summed E-state index contributed by atoms with van der Waals surface area (Å²) in [4.78, 5) is 28.4. The van der Waals surface area contributed by atoms with Gasteiger partial charge in [0.1, 0.15) is 21.9 Å². The van der Waals surface area contributed by atoms with Gasteiger partial charge in [0.25, 0.3) is 0 Å². The molecule has 0 atom stereocenters. The minimum Gasteiger partial charge on any atom is -0.490 e. The van der Waals surface area contributed by atoms with Crippen molar-refractivity contribution in [3.8, 4) is 39.0 Å². The van der Waals surface area contributed by atoms with Crippen LogP contribution in [0.3, 0.4) is 0 Å². The SMILES string of the molecule is CCOc1cccc(-n2ccc(-c3ccc(C(C)(C)C)cc3)n2)c1OCC.CCc1cc(N)cc2oc(=O)c(-c3nc4ccccc4s3)c(CC)c12.Cc1cc(=O)oc2cc(N)ccc12.c1ccccc1. The van der Waals surface area contributed by atoms with Crippen molar-refractivity contribution < 1.29 is 18.3 Å². The summed E-state index contributed by atoms with van der Waals surface area (Å²) in [6, 6.07) is 46.9. The molecule has 10 aromatic rings. The zero-order chi connectivity index (χ0) is 50.7. The molecule has 0 fully saturated rings. The Morgan fingerprint density at radius 2 is 1.38 bits per heavy atom. The van der Waals surface area contributed by atoms with E-state index in [9.17, 15) is 9.59 Å². The summed E-state index contributed by atoms with van der Waals surface area (Å²) in [6.07, 6.45) is 3.51. The van der Waals surface area contributed by atoms with E-state index in [1.807, 2.05) is 129 Å². The molecule has 0 radical (unpaired) electrons. The maximum absolute atomic E-state index is 12.8. The number of nitrogens with zero attached hydrogens (tertiary/aromatic N) is 3. The lowest BCUT2D eigenvalue weighted by Gasteiger charge is -2.18. The molecule has 11 nitrogen and oxygen atoms in total. The second-order valence-electron chi connectivity index (χ2n) is 17.6. The Balaban J connectivity index is 0.000000154. The first-order valence-corrected chi connectivity index (χ1v) is 24.6. The first-order valence-electron chi connectivity index (χ1n) is 23.8. The second-order valence-corrected chi connectivity index (χ2v) is 18.6. The molecule has 4 N–H and O–H groups in total. The fourth-order valence-corrected chi connectivity index (χ4v) is 9.10. The molecule has 0 aliphatic carbocycles. The van der Waals surface area contributed by atoms with E-state index in [1.165, 1.54) is 23.0 Å². The lowest BCUT2D eigenvalue weighted by Crippen LogP contribution is -2.10. The molecule has 0 bridgehead atoms. The Morgan fingerprint density at radius 1 is 0.690 bits per heavy atom. The summed E-state index contributed by atoms with van der Waals surface area (Å²) in [7, 11) is 0.